The largest absolute Gasteiger partial charge is 0.493 e. The molecule has 160 valence electrons. The number of carbonyl (C=O) groups excluding carboxylic acids is 2. The molecule has 0 spiro atoms. The lowest BCUT2D eigenvalue weighted by Crippen LogP contribution is -2.18. The molecule has 1 aliphatic carbocycles. The molecular formula is C24H24N2O4S. The molecule has 1 aliphatic rings. The van der Waals surface area contributed by atoms with Gasteiger partial charge in [0.1, 0.15) is 0 Å². The Morgan fingerprint density at radius 3 is 2.48 bits per heavy atom. The molecule has 2 N–H and O–H groups in total. The first-order valence-corrected chi connectivity index (χ1v) is 11.1. The number of methoxy groups -OCH3 is 1. The monoisotopic (exact) mass is 436 g/mol. The quantitative estimate of drug-likeness (QED) is 0.507. The molecule has 7 heteroatoms. The highest BCUT2D eigenvalue weighted by atomic mass is 32.1. The average Bonchev–Trinajstić information content (AvgIpc) is 3.49. The van der Waals surface area contributed by atoms with Crippen LogP contribution in [-0.4, -0.2) is 25.0 Å². The first-order valence-electron chi connectivity index (χ1n) is 10.2. The fraction of sp³-hybridized carbons (Fsp3) is 0.250. The number of benzene rings is 2. The van der Waals surface area contributed by atoms with Gasteiger partial charge in [-0.05, 0) is 61.4 Å². The molecule has 1 saturated carbocycles. The Bertz CT molecular complexity index is 1060. The summed E-state index contributed by atoms with van der Waals surface area (Å²) in [5.41, 5.74) is 1.43. The molecule has 1 heterocycles. The number of carbonyl (C=O) groups is 2. The third-order valence-electron chi connectivity index (χ3n) is 5.18. The summed E-state index contributed by atoms with van der Waals surface area (Å²) in [7, 11) is 1.60. The van der Waals surface area contributed by atoms with Crippen LogP contribution in [0.2, 0.25) is 0 Å². The van der Waals surface area contributed by atoms with Gasteiger partial charge in [0.05, 0.1) is 29.3 Å². The summed E-state index contributed by atoms with van der Waals surface area (Å²) in [5.74, 6) is 0.686. The predicted octanol–water partition coefficient (Wildman–Crippen LogP) is 5.58. The van der Waals surface area contributed by atoms with Crippen LogP contribution in [0.15, 0.2) is 60.0 Å². The van der Waals surface area contributed by atoms with Crippen LogP contribution < -0.4 is 20.1 Å². The first-order chi connectivity index (χ1) is 15.1. The van der Waals surface area contributed by atoms with E-state index in [1.165, 1.54) is 11.3 Å². The molecule has 0 radical (unpaired) electrons. The van der Waals surface area contributed by atoms with Crippen molar-refractivity contribution in [1.29, 1.82) is 0 Å². The molecule has 0 saturated heterocycles. The van der Waals surface area contributed by atoms with E-state index in [0.717, 1.165) is 25.7 Å². The van der Waals surface area contributed by atoms with Gasteiger partial charge in [0.2, 0.25) is 0 Å². The molecule has 3 aromatic rings. The highest BCUT2D eigenvalue weighted by Gasteiger charge is 2.20. The maximum Gasteiger partial charge on any atom is 0.265 e. The van der Waals surface area contributed by atoms with Crippen LogP contribution in [0.1, 0.15) is 45.7 Å². The van der Waals surface area contributed by atoms with Gasteiger partial charge in [0, 0.05) is 11.8 Å². The van der Waals surface area contributed by atoms with Crippen LogP contribution in [0.4, 0.5) is 11.4 Å². The van der Waals surface area contributed by atoms with E-state index in [0.29, 0.717) is 33.3 Å². The Hall–Kier alpha value is -3.32. The van der Waals surface area contributed by atoms with Crippen molar-refractivity contribution >= 4 is 34.5 Å². The molecule has 2 amide bonds. The second-order valence-electron chi connectivity index (χ2n) is 7.32. The molecule has 1 fully saturated rings. The van der Waals surface area contributed by atoms with Gasteiger partial charge in [-0.2, -0.15) is 0 Å². The Kier molecular flexibility index (Phi) is 6.52. The average molecular weight is 437 g/mol. The lowest BCUT2D eigenvalue weighted by atomic mass is 10.1. The van der Waals surface area contributed by atoms with E-state index in [9.17, 15) is 9.59 Å². The molecule has 0 aliphatic heterocycles. The number of thiophene rings is 1. The molecule has 0 unspecified atom stereocenters. The predicted molar refractivity (Wildman–Crippen MR) is 123 cm³/mol. The van der Waals surface area contributed by atoms with Crippen LogP contribution in [0, 0.1) is 0 Å². The van der Waals surface area contributed by atoms with E-state index >= 15 is 0 Å². The maximum absolute atomic E-state index is 13.0. The summed E-state index contributed by atoms with van der Waals surface area (Å²) in [5, 5.41) is 7.56. The molecule has 0 atom stereocenters. The summed E-state index contributed by atoms with van der Waals surface area (Å²) in [6.07, 6.45) is 4.55. The molecular weight excluding hydrogens is 412 g/mol. The smallest absolute Gasteiger partial charge is 0.265 e. The van der Waals surface area contributed by atoms with Gasteiger partial charge in [-0.1, -0.05) is 18.2 Å². The van der Waals surface area contributed by atoms with Crippen molar-refractivity contribution in [2.45, 2.75) is 31.8 Å². The summed E-state index contributed by atoms with van der Waals surface area (Å²) in [6, 6.07) is 15.8. The zero-order valence-corrected chi connectivity index (χ0v) is 18.0. The third-order valence-corrected chi connectivity index (χ3v) is 6.05. The van der Waals surface area contributed by atoms with Crippen LogP contribution in [0.5, 0.6) is 11.5 Å². The Balaban J connectivity index is 1.51. The highest BCUT2D eigenvalue weighted by Crippen LogP contribution is 2.34. The van der Waals surface area contributed by atoms with Crippen molar-refractivity contribution < 1.29 is 19.1 Å². The minimum absolute atomic E-state index is 0.174. The van der Waals surface area contributed by atoms with E-state index in [-0.39, 0.29) is 17.9 Å². The van der Waals surface area contributed by atoms with Crippen molar-refractivity contribution in [3.05, 3.63) is 70.4 Å². The van der Waals surface area contributed by atoms with Crippen LogP contribution in [-0.2, 0) is 0 Å². The lowest BCUT2D eigenvalue weighted by Gasteiger charge is -2.17. The van der Waals surface area contributed by atoms with Crippen LogP contribution in [0.25, 0.3) is 0 Å². The van der Waals surface area contributed by atoms with E-state index in [2.05, 4.69) is 10.6 Å². The van der Waals surface area contributed by atoms with Gasteiger partial charge in [0.15, 0.2) is 11.5 Å². The van der Waals surface area contributed by atoms with Gasteiger partial charge < -0.3 is 20.1 Å². The van der Waals surface area contributed by atoms with Gasteiger partial charge >= 0.3 is 0 Å². The van der Waals surface area contributed by atoms with Gasteiger partial charge in [0.25, 0.3) is 11.8 Å². The maximum atomic E-state index is 13.0. The van der Waals surface area contributed by atoms with Gasteiger partial charge in [-0.3, -0.25) is 9.59 Å². The second kappa shape index (κ2) is 9.66. The van der Waals surface area contributed by atoms with E-state index in [4.69, 9.17) is 9.47 Å². The molecule has 2 aromatic carbocycles. The van der Waals surface area contributed by atoms with Crippen molar-refractivity contribution in [3.8, 4) is 11.5 Å². The highest BCUT2D eigenvalue weighted by molar-refractivity contribution is 7.12. The van der Waals surface area contributed by atoms with Crippen LogP contribution >= 0.6 is 11.3 Å². The van der Waals surface area contributed by atoms with Crippen molar-refractivity contribution in [1.82, 2.24) is 0 Å². The Labute approximate surface area is 185 Å². The number of amides is 2. The number of rotatable bonds is 7. The summed E-state index contributed by atoms with van der Waals surface area (Å²) in [4.78, 5) is 26.0. The zero-order chi connectivity index (χ0) is 21.6. The summed E-state index contributed by atoms with van der Waals surface area (Å²) >= 11 is 1.35. The van der Waals surface area contributed by atoms with Gasteiger partial charge in [-0.25, -0.2) is 0 Å². The topological polar surface area (TPSA) is 76.7 Å². The molecule has 0 bridgehead atoms. The SMILES string of the molecule is COc1ccc(NC(=O)c2ccccc2NC(=O)c2cccs2)cc1OC1CCCC1. The third kappa shape index (κ3) is 5.06. The fourth-order valence-electron chi connectivity index (χ4n) is 3.61. The van der Waals surface area contributed by atoms with Crippen LogP contribution in [0.3, 0.4) is 0 Å². The summed E-state index contributed by atoms with van der Waals surface area (Å²) in [6.45, 7) is 0. The number of nitrogens with one attached hydrogen (secondary N) is 2. The van der Waals surface area contributed by atoms with E-state index in [1.54, 1.807) is 55.6 Å². The molecule has 1 aromatic heterocycles. The zero-order valence-electron chi connectivity index (χ0n) is 17.2. The van der Waals surface area contributed by atoms with Crippen molar-refractivity contribution in [2.24, 2.45) is 0 Å². The first kappa shape index (κ1) is 20.9. The number of para-hydroxylation sites is 1. The Morgan fingerprint density at radius 2 is 1.74 bits per heavy atom. The van der Waals surface area contributed by atoms with Gasteiger partial charge in [-0.15, -0.1) is 11.3 Å². The summed E-state index contributed by atoms with van der Waals surface area (Å²) < 4.78 is 11.5. The fourth-order valence-corrected chi connectivity index (χ4v) is 4.23. The number of ether oxygens (including phenoxy) is 2. The molecule has 6 nitrogen and oxygen atoms in total. The normalized spacial score (nSPS) is 13.6. The number of hydrogen-bond donors (Lipinski definition) is 2. The second-order valence-corrected chi connectivity index (χ2v) is 8.27. The Morgan fingerprint density at radius 1 is 0.935 bits per heavy atom. The minimum Gasteiger partial charge on any atom is -0.493 e. The number of anilines is 2. The molecule has 31 heavy (non-hydrogen) atoms. The minimum atomic E-state index is -0.320. The number of hydrogen-bond acceptors (Lipinski definition) is 5. The van der Waals surface area contributed by atoms with E-state index < -0.39 is 0 Å². The standard InChI is InChI=1S/C24H24N2O4S/c1-29-20-13-12-16(15-21(20)30-17-7-2-3-8-17)25-23(27)18-9-4-5-10-19(18)26-24(28)22-11-6-14-31-22/h4-6,9-15,17H,2-3,7-8H2,1H3,(H,25,27)(H,26,28). The van der Waals surface area contributed by atoms with Crippen molar-refractivity contribution in [2.75, 3.05) is 17.7 Å². The lowest BCUT2D eigenvalue weighted by molar-refractivity contribution is 0.102. The van der Waals surface area contributed by atoms with Crippen molar-refractivity contribution in [3.63, 3.8) is 0 Å². The van der Waals surface area contributed by atoms with E-state index in [1.807, 2.05) is 11.4 Å². The molecule has 4 rings (SSSR count).